The van der Waals surface area contributed by atoms with E-state index in [-0.39, 0.29) is 29.7 Å². The van der Waals surface area contributed by atoms with Crippen LogP contribution in [0.3, 0.4) is 0 Å². The number of hydrogen-bond donors (Lipinski definition) is 0. The van der Waals surface area contributed by atoms with E-state index < -0.39 is 17.8 Å². The average Bonchev–Trinajstić information content (AvgIpc) is 3.55. The molecule has 0 radical (unpaired) electrons. The molecule has 10 heteroatoms. The van der Waals surface area contributed by atoms with Crippen LogP contribution in [0.4, 0.5) is 4.79 Å². The number of hydrogen-bond acceptors (Lipinski definition) is 8. The first-order valence-corrected chi connectivity index (χ1v) is 14.9. The maximum absolute atomic E-state index is 13.3. The van der Waals surface area contributed by atoms with Crippen LogP contribution in [0, 0.1) is 0 Å². The molecule has 0 bridgehead atoms. The maximum Gasteiger partial charge on any atom is 0.409 e. The number of amides is 2. The Morgan fingerprint density at radius 2 is 1.61 bits per heavy atom. The molecule has 0 N–H and O–H groups in total. The molecule has 1 aliphatic rings. The third-order valence-corrected chi connectivity index (χ3v) is 7.80. The third kappa shape index (κ3) is 8.49. The number of likely N-dealkylation sites (tertiary alicyclic amines) is 1. The van der Waals surface area contributed by atoms with Gasteiger partial charge >= 0.3 is 6.09 Å². The summed E-state index contributed by atoms with van der Waals surface area (Å²) in [5, 5.41) is 0. The summed E-state index contributed by atoms with van der Waals surface area (Å²) in [5.74, 6) is -0.453. The van der Waals surface area contributed by atoms with Crippen LogP contribution in [0.15, 0.2) is 67.0 Å². The van der Waals surface area contributed by atoms with Crippen molar-refractivity contribution in [3.63, 3.8) is 0 Å². The molecule has 44 heavy (non-hydrogen) atoms. The fourth-order valence-corrected chi connectivity index (χ4v) is 5.38. The van der Waals surface area contributed by atoms with Crippen molar-refractivity contribution in [1.82, 2.24) is 14.8 Å². The van der Waals surface area contributed by atoms with Gasteiger partial charge in [-0.05, 0) is 67.9 Å². The number of nitrogens with zero attached hydrogens (tertiary/aromatic N) is 3. The van der Waals surface area contributed by atoms with Crippen molar-refractivity contribution in [3.05, 3.63) is 83.7 Å². The molecule has 0 saturated carbocycles. The second kappa shape index (κ2) is 16.3. The Balaban J connectivity index is 1.37. The van der Waals surface area contributed by atoms with Crippen LogP contribution in [-0.2, 0) is 22.4 Å². The van der Waals surface area contributed by atoms with Gasteiger partial charge in [0.25, 0.3) is 11.7 Å². The van der Waals surface area contributed by atoms with E-state index >= 15 is 0 Å². The molecular weight excluding hydrogens is 562 g/mol. The van der Waals surface area contributed by atoms with Crippen LogP contribution < -0.4 is 14.2 Å². The van der Waals surface area contributed by atoms with Crippen LogP contribution in [-0.4, -0.2) is 86.2 Å². The summed E-state index contributed by atoms with van der Waals surface area (Å²) in [6.45, 7) is 1.50. The summed E-state index contributed by atoms with van der Waals surface area (Å²) in [4.78, 5) is 47.3. The van der Waals surface area contributed by atoms with E-state index in [1.807, 2.05) is 42.6 Å². The van der Waals surface area contributed by atoms with Gasteiger partial charge in [0, 0.05) is 37.6 Å². The van der Waals surface area contributed by atoms with Gasteiger partial charge in [0.05, 0.1) is 27.4 Å². The molecule has 234 valence electrons. The first-order valence-electron chi connectivity index (χ1n) is 14.9. The molecule has 1 atom stereocenters. The minimum Gasteiger partial charge on any atom is -0.493 e. The lowest BCUT2D eigenvalue weighted by atomic mass is 10.1. The lowest BCUT2D eigenvalue weighted by Gasteiger charge is -2.27. The lowest BCUT2D eigenvalue weighted by molar-refractivity contribution is -0.128. The Bertz CT molecular complexity index is 1360. The van der Waals surface area contributed by atoms with E-state index in [1.165, 1.54) is 38.4 Å². The third-order valence-electron chi connectivity index (χ3n) is 7.80. The van der Waals surface area contributed by atoms with Gasteiger partial charge < -0.3 is 28.7 Å². The van der Waals surface area contributed by atoms with Crippen molar-refractivity contribution in [2.24, 2.45) is 0 Å². The number of methoxy groups -OCH3 is 3. The van der Waals surface area contributed by atoms with Gasteiger partial charge in [0.1, 0.15) is 6.61 Å². The molecule has 1 unspecified atom stereocenters. The molecule has 0 aliphatic carbocycles. The molecule has 1 aromatic heterocycles. The van der Waals surface area contributed by atoms with Gasteiger partial charge in [0.2, 0.25) is 5.75 Å². The Hall–Kier alpha value is -4.60. The number of aromatic nitrogens is 1. The highest BCUT2D eigenvalue weighted by atomic mass is 16.6. The van der Waals surface area contributed by atoms with E-state index in [0.717, 1.165) is 30.4 Å². The topological polar surface area (TPSA) is 108 Å². The number of carbonyl (C=O) groups excluding carboxylic acids is 3. The summed E-state index contributed by atoms with van der Waals surface area (Å²) >= 11 is 0. The van der Waals surface area contributed by atoms with Crippen molar-refractivity contribution in [2.75, 3.05) is 47.6 Å². The van der Waals surface area contributed by atoms with E-state index in [0.29, 0.717) is 44.6 Å². The highest BCUT2D eigenvalue weighted by molar-refractivity contribution is 6.43. The lowest BCUT2D eigenvalue weighted by Crippen LogP contribution is -2.43. The zero-order chi connectivity index (χ0) is 31.3. The fraction of sp³-hybridized carbons (Fsp3) is 0.412. The molecule has 10 nitrogen and oxygen atoms in total. The van der Waals surface area contributed by atoms with Crippen LogP contribution in [0.25, 0.3) is 0 Å². The van der Waals surface area contributed by atoms with Gasteiger partial charge in [0.15, 0.2) is 11.5 Å². The molecule has 2 amide bonds. The molecule has 1 aliphatic heterocycles. The van der Waals surface area contributed by atoms with E-state index in [1.54, 1.807) is 11.1 Å². The summed E-state index contributed by atoms with van der Waals surface area (Å²) in [7, 11) is 4.36. The standard InChI is InChI=1S/C34H41N3O7/c1-41-29-21-27(22-30(42-2)32(29)43-3)31(38)33(39)37-19-10-15-28(37)24-44-34(40)36(20-16-25-11-5-4-6-12-25)18-8-7-13-26-14-9-17-35-23-26/h4-6,9,11-12,14,17,21-23,28H,7-8,10,13,15-16,18-20,24H2,1-3H3. The number of Topliss-reactive ketones (excluding diaryl/α,β-unsaturated/α-hetero) is 1. The highest BCUT2D eigenvalue weighted by Gasteiger charge is 2.35. The van der Waals surface area contributed by atoms with Crippen molar-refractivity contribution < 1.29 is 33.3 Å². The average molecular weight is 604 g/mol. The van der Waals surface area contributed by atoms with Crippen LogP contribution in [0.1, 0.15) is 47.2 Å². The molecule has 4 rings (SSSR count). The van der Waals surface area contributed by atoms with Gasteiger partial charge in [-0.1, -0.05) is 36.4 Å². The number of ketones is 1. The molecule has 1 fully saturated rings. The van der Waals surface area contributed by atoms with Crippen LogP contribution in [0.5, 0.6) is 17.2 Å². The summed E-state index contributed by atoms with van der Waals surface area (Å²) in [5.41, 5.74) is 2.43. The molecule has 2 aromatic carbocycles. The smallest absolute Gasteiger partial charge is 0.409 e. The minimum absolute atomic E-state index is 0.0185. The van der Waals surface area contributed by atoms with Crippen molar-refractivity contribution >= 4 is 17.8 Å². The first kappa shape index (κ1) is 32.3. The van der Waals surface area contributed by atoms with E-state index in [9.17, 15) is 14.4 Å². The number of aryl methyl sites for hydroxylation is 1. The van der Waals surface area contributed by atoms with E-state index in [2.05, 4.69) is 11.1 Å². The van der Waals surface area contributed by atoms with Gasteiger partial charge in [-0.25, -0.2) is 4.79 Å². The normalized spacial score (nSPS) is 14.2. The van der Waals surface area contributed by atoms with Crippen LogP contribution >= 0.6 is 0 Å². The first-order chi connectivity index (χ1) is 21.4. The Morgan fingerprint density at radius 1 is 0.886 bits per heavy atom. The Kier molecular flexibility index (Phi) is 12.0. The van der Waals surface area contributed by atoms with E-state index in [4.69, 9.17) is 18.9 Å². The number of pyridine rings is 1. The Labute approximate surface area is 258 Å². The number of benzene rings is 2. The largest absolute Gasteiger partial charge is 0.493 e. The maximum atomic E-state index is 13.3. The van der Waals surface area contributed by atoms with Gasteiger partial charge in [-0.2, -0.15) is 0 Å². The molecule has 1 saturated heterocycles. The van der Waals surface area contributed by atoms with Crippen molar-refractivity contribution in [2.45, 2.75) is 44.6 Å². The zero-order valence-electron chi connectivity index (χ0n) is 25.7. The van der Waals surface area contributed by atoms with Gasteiger partial charge in [-0.3, -0.25) is 14.6 Å². The monoisotopic (exact) mass is 603 g/mol. The number of carbonyl (C=O) groups is 3. The summed E-state index contributed by atoms with van der Waals surface area (Å²) in [6, 6.07) is 16.5. The molecular formula is C34H41N3O7. The number of ether oxygens (including phenoxy) is 4. The number of rotatable bonds is 15. The van der Waals surface area contributed by atoms with Crippen LogP contribution in [0.2, 0.25) is 0 Å². The van der Waals surface area contributed by atoms with Crippen molar-refractivity contribution in [1.29, 1.82) is 0 Å². The summed E-state index contributed by atoms with van der Waals surface area (Å²) in [6.07, 6.45) is 7.86. The number of unbranched alkanes of at least 4 members (excludes halogenated alkanes) is 1. The fourth-order valence-electron chi connectivity index (χ4n) is 5.38. The zero-order valence-corrected chi connectivity index (χ0v) is 25.7. The Morgan fingerprint density at radius 3 is 2.27 bits per heavy atom. The predicted octanol–water partition coefficient (Wildman–Crippen LogP) is 4.99. The molecule has 0 spiro atoms. The summed E-state index contributed by atoms with van der Waals surface area (Å²) < 4.78 is 21.8. The minimum atomic E-state index is -0.694. The second-order valence-electron chi connectivity index (χ2n) is 10.7. The second-order valence-corrected chi connectivity index (χ2v) is 10.7. The highest BCUT2D eigenvalue weighted by Crippen LogP contribution is 2.38. The van der Waals surface area contributed by atoms with Gasteiger partial charge in [-0.15, -0.1) is 0 Å². The van der Waals surface area contributed by atoms with Crippen molar-refractivity contribution in [3.8, 4) is 17.2 Å². The molecule has 3 aromatic rings. The quantitative estimate of drug-likeness (QED) is 0.136. The molecule has 2 heterocycles. The predicted molar refractivity (Wildman–Crippen MR) is 165 cm³/mol. The SMILES string of the molecule is COc1cc(C(=O)C(=O)N2CCCC2COC(=O)N(CCCCc2cccnc2)CCc2ccccc2)cc(OC)c1OC.